The van der Waals surface area contributed by atoms with Gasteiger partial charge in [0.15, 0.2) is 0 Å². The molecule has 0 bridgehead atoms. The average molecular weight is 426 g/mol. The number of sulfonamides is 1. The first-order valence-electron chi connectivity index (χ1n) is 9.20. The van der Waals surface area contributed by atoms with E-state index >= 15 is 0 Å². The lowest BCUT2D eigenvalue weighted by molar-refractivity contribution is -0.384. The SMILES string of the molecule is Cc1ccc(S(=O)(=O)Nc2cc(Oc3cc(C)cc(C)c3C)cc([N+](=O)[O-])c2)cc1. The van der Waals surface area contributed by atoms with Crippen molar-refractivity contribution in [3.05, 3.63) is 87.0 Å². The Hall–Kier alpha value is -3.39. The number of aryl methyl sites for hydroxylation is 3. The van der Waals surface area contributed by atoms with Gasteiger partial charge in [0.1, 0.15) is 11.5 Å². The second kappa shape index (κ2) is 8.16. The zero-order chi connectivity index (χ0) is 22.1. The van der Waals surface area contributed by atoms with Crippen LogP contribution in [0, 0.1) is 37.8 Å². The molecule has 30 heavy (non-hydrogen) atoms. The first kappa shape index (κ1) is 21.3. The van der Waals surface area contributed by atoms with E-state index in [2.05, 4.69) is 4.72 Å². The van der Waals surface area contributed by atoms with E-state index in [1.807, 2.05) is 39.8 Å². The number of nitrogens with zero attached hydrogens (tertiary/aromatic N) is 1. The molecule has 0 saturated carbocycles. The van der Waals surface area contributed by atoms with Crippen LogP contribution in [0.5, 0.6) is 11.5 Å². The summed E-state index contributed by atoms with van der Waals surface area (Å²) in [7, 11) is -3.91. The summed E-state index contributed by atoms with van der Waals surface area (Å²) in [4.78, 5) is 10.8. The molecule has 7 nitrogen and oxygen atoms in total. The molecule has 0 unspecified atom stereocenters. The lowest BCUT2D eigenvalue weighted by Gasteiger charge is -2.14. The maximum absolute atomic E-state index is 12.7. The third-order valence-electron chi connectivity index (χ3n) is 4.68. The monoisotopic (exact) mass is 426 g/mol. The lowest BCUT2D eigenvalue weighted by atomic mass is 10.1. The molecule has 3 rings (SSSR count). The van der Waals surface area contributed by atoms with Gasteiger partial charge in [-0.2, -0.15) is 0 Å². The van der Waals surface area contributed by atoms with Crippen LogP contribution < -0.4 is 9.46 Å². The van der Waals surface area contributed by atoms with Crippen molar-refractivity contribution in [2.75, 3.05) is 4.72 Å². The van der Waals surface area contributed by atoms with Gasteiger partial charge in [0.05, 0.1) is 21.6 Å². The van der Waals surface area contributed by atoms with Crippen LogP contribution in [0.4, 0.5) is 11.4 Å². The van der Waals surface area contributed by atoms with Crippen molar-refractivity contribution in [3.8, 4) is 11.5 Å². The van der Waals surface area contributed by atoms with E-state index in [4.69, 9.17) is 4.74 Å². The van der Waals surface area contributed by atoms with Gasteiger partial charge in [0, 0.05) is 12.1 Å². The lowest BCUT2D eigenvalue weighted by Crippen LogP contribution is -2.13. The van der Waals surface area contributed by atoms with Crippen LogP contribution in [-0.2, 0) is 10.0 Å². The number of hydrogen-bond acceptors (Lipinski definition) is 5. The summed E-state index contributed by atoms with van der Waals surface area (Å²) in [5.41, 5.74) is 3.59. The quantitative estimate of drug-likeness (QED) is 0.419. The fraction of sp³-hybridized carbons (Fsp3) is 0.182. The minimum Gasteiger partial charge on any atom is -0.457 e. The van der Waals surface area contributed by atoms with E-state index in [0.717, 1.165) is 28.3 Å². The van der Waals surface area contributed by atoms with Crippen molar-refractivity contribution in [3.63, 3.8) is 0 Å². The van der Waals surface area contributed by atoms with E-state index in [1.165, 1.54) is 24.3 Å². The van der Waals surface area contributed by atoms with Gasteiger partial charge in [-0.25, -0.2) is 8.42 Å². The second-order valence-electron chi connectivity index (χ2n) is 7.20. The first-order chi connectivity index (χ1) is 14.0. The van der Waals surface area contributed by atoms with Gasteiger partial charge < -0.3 is 4.74 Å². The van der Waals surface area contributed by atoms with Crippen LogP contribution in [0.15, 0.2) is 59.5 Å². The molecule has 0 amide bonds. The molecule has 0 saturated heterocycles. The molecule has 3 aromatic carbocycles. The van der Waals surface area contributed by atoms with Crippen LogP contribution in [0.25, 0.3) is 0 Å². The number of anilines is 1. The smallest absolute Gasteiger partial charge is 0.275 e. The molecule has 0 aliphatic heterocycles. The number of nitrogens with one attached hydrogen (secondary N) is 1. The Balaban J connectivity index is 1.99. The molecular weight excluding hydrogens is 404 g/mol. The summed E-state index contributed by atoms with van der Waals surface area (Å²) < 4.78 is 33.7. The highest BCUT2D eigenvalue weighted by Gasteiger charge is 2.18. The summed E-state index contributed by atoms with van der Waals surface area (Å²) in [5.74, 6) is 0.722. The largest absolute Gasteiger partial charge is 0.457 e. The van der Waals surface area contributed by atoms with Gasteiger partial charge in [-0.1, -0.05) is 23.8 Å². The molecule has 0 spiro atoms. The molecule has 0 radical (unpaired) electrons. The van der Waals surface area contributed by atoms with Crippen molar-refractivity contribution < 1.29 is 18.1 Å². The van der Waals surface area contributed by atoms with Gasteiger partial charge >= 0.3 is 0 Å². The van der Waals surface area contributed by atoms with Gasteiger partial charge in [-0.05, 0) is 62.6 Å². The molecular formula is C22H22N2O5S. The van der Waals surface area contributed by atoms with Gasteiger partial charge in [-0.15, -0.1) is 0 Å². The summed E-state index contributed by atoms with van der Waals surface area (Å²) in [5, 5.41) is 11.4. The van der Waals surface area contributed by atoms with E-state index in [1.54, 1.807) is 12.1 Å². The van der Waals surface area contributed by atoms with E-state index in [0.29, 0.717) is 5.75 Å². The predicted molar refractivity (Wildman–Crippen MR) is 116 cm³/mol. The third kappa shape index (κ3) is 4.77. The van der Waals surface area contributed by atoms with Crippen molar-refractivity contribution in [2.45, 2.75) is 32.6 Å². The van der Waals surface area contributed by atoms with Gasteiger partial charge in [-0.3, -0.25) is 14.8 Å². The topological polar surface area (TPSA) is 98.5 Å². The Labute approximate surface area is 175 Å². The maximum atomic E-state index is 12.7. The van der Waals surface area contributed by atoms with Crippen LogP contribution >= 0.6 is 0 Å². The number of nitro benzene ring substituents is 1. The number of non-ortho nitro benzene ring substituents is 1. The van der Waals surface area contributed by atoms with Gasteiger partial charge in [0.2, 0.25) is 0 Å². The standard InChI is InChI=1S/C22H22N2O5S/c1-14-5-7-21(8-6-14)30(27,28)23-18-11-19(24(25)26)13-20(12-18)29-22-10-15(2)9-16(3)17(22)4/h5-13,23H,1-4H3. The highest BCUT2D eigenvalue weighted by molar-refractivity contribution is 7.92. The van der Waals surface area contributed by atoms with Crippen molar-refractivity contribution >= 4 is 21.4 Å². The number of rotatable bonds is 6. The normalized spacial score (nSPS) is 11.2. The van der Waals surface area contributed by atoms with E-state index in [9.17, 15) is 18.5 Å². The van der Waals surface area contributed by atoms with Crippen molar-refractivity contribution in [1.29, 1.82) is 0 Å². The van der Waals surface area contributed by atoms with Crippen molar-refractivity contribution in [1.82, 2.24) is 0 Å². The molecule has 156 valence electrons. The Morgan fingerprint density at radius 1 is 0.900 bits per heavy atom. The zero-order valence-electron chi connectivity index (χ0n) is 17.1. The number of nitro groups is 1. The minimum atomic E-state index is -3.91. The Morgan fingerprint density at radius 2 is 1.57 bits per heavy atom. The van der Waals surface area contributed by atoms with Crippen LogP contribution in [0.1, 0.15) is 22.3 Å². The molecule has 8 heteroatoms. The fourth-order valence-corrected chi connectivity index (χ4v) is 4.01. The highest BCUT2D eigenvalue weighted by atomic mass is 32.2. The zero-order valence-corrected chi connectivity index (χ0v) is 17.9. The van der Waals surface area contributed by atoms with Crippen LogP contribution in [-0.4, -0.2) is 13.3 Å². The number of ether oxygens (including phenoxy) is 1. The predicted octanol–water partition coefficient (Wildman–Crippen LogP) is 5.42. The average Bonchev–Trinajstić information content (AvgIpc) is 2.65. The minimum absolute atomic E-state index is 0.0433. The molecule has 3 aromatic rings. The summed E-state index contributed by atoms with van der Waals surface area (Å²) in [6.45, 7) is 7.61. The summed E-state index contributed by atoms with van der Waals surface area (Å²) in [6, 6.07) is 14.0. The summed E-state index contributed by atoms with van der Waals surface area (Å²) in [6.07, 6.45) is 0. The Kier molecular flexibility index (Phi) is 5.80. The molecule has 0 aromatic heterocycles. The third-order valence-corrected chi connectivity index (χ3v) is 6.07. The summed E-state index contributed by atoms with van der Waals surface area (Å²) >= 11 is 0. The maximum Gasteiger partial charge on any atom is 0.275 e. The van der Waals surface area contributed by atoms with Crippen LogP contribution in [0.2, 0.25) is 0 Å². The molecule has 0 heterocycles. The Morgan fingerprint density at radius 3 is 2.20 bits per heavy atom. The van der Waals surface area contributed by atoms with Gasteiger partial charge in [0.25, 0.3) is 15.7 Å². The Bertz CT molecular complexity index is 1220. The molecule has 0 aliphatic carbocycles. The fourth-order valence-electron chi connectivity index (χ4n) is 2.97. The highest BCUT2D eigenvalue weighted by Crippen LogP contribution is 2.33. The number of hydrogen-bond donors (Lipinski definition) is 1. The molecule has 1 N–H and O–H groups in total. The van der Waals surface area contributed by atoms with E-state index in [-0.39, 0.29) is 22.0 Å². The van der Waals surface area contributed by atoms with Crippen LogP contribution in [0.3, 0.4) is 0 Å². The molecule has 0 aliphatic rings. The second-order valence-corrected chi connectivity index (χ2v) is 8.88. The van der Waals surface area contributed by atoms with E-state index < -0.39 is 14.9 Å². The van der Waals surface area contributed by atoms with Crippen molar-refractivity contribution in [2.24, 2.45) is 0 Å². The molecule has 0 atom stereocenters. The first-order valence-corrected chi connectivity index (χ1v) is 10.7. The number of benzene rings is 3. The molecule has 0 fully saturated rings.